The molecule has 0 aliphatic carbocycles. The third-order valence-electron chi connectivity index (χ3n) is 2.58. The average Bonchev–Trinajstić information content (AvgIpc) is 2.30. The molecule has 1 heterocycles. The van der Waals surface area contributed by atoms with Gasteiger partial charge in [-0.3, -0.25) is 0 Å². The van der Waals surface area contributed by atoms with Crippen molar-refractivity contribution in [3.63, 3.8) is 0 Å². The molecule has 0 saturated heterocycles. The fourth-order valence-corrected chi connectivity index (χ4v) is 3.55. The Kier molecular flexibility index (Phi) is 4.05. The van der Waals surface area contributed by atoms with Gasteiger partial charge in [-0.2, -0.15) is 0 Å². The van der Waals surface area contributed by atoms with Crippen LogP contribution >= 0.6 is 35.0 Å². The Hall–Kier alpha value is -0.900. The molecule has 0 aromatic heterocycles. The van der Waals surface area contributed by atoms with Gasteiger partial charge in [0.15, 0.2) is 0 Å². The van der Waals surface area contributed by atoms with E-state index in [2.05, 4.69) is 0 Å². The Morgan fingerprint density at radius 1 is 1.44 bits per heavy atom. The van der Waals surface area contributed by atoms with E-state index in [-0.39, 0.29) is 5.25 Å². The summed E-state index contributed by atoms with van der Waals surface area (Å²) < 4.78 is 0. The second-order valence-electron chi connectivity index (χ2n) is 3.84. The van der Waals surface area contributed by atoms with E-state index in [0.29, 0.717) is 10.1 Å². The van der Waals surface area contributed by atoms with E-state index in [1.807, 2.05) is 19.1 Å². The van der Waals surface area contributed by atoms with Gasteiger partial charge in [0.1, 0.15) is 0 Å². The van der Waals surface area contributed by atoms with E-state index >= 15 is 0 Å². The summed E-state index contributed by atoms with van der Waals surface area (Å²) in [6.07, 6.45) is 2.65. The SMILES string of the molecule is C[C@H]1Sc2ccc(Cl)cc2C(Cl)=C1/C=C/C(=O)O. The first-order valence-electron chi connectivity index (χ1n) is 5.26. The predicted octanol–water partition coefficient (Wildman–Crippen LogP) is 4.42. The number of aliphatic carboxylic acids is 1. The normalized spacial score (nSPS) is 19.2. The number of carbonyl (C=O) groups is 1. The van der Waals surface area contributed by atoms with Crippen LogP contribution in [0.3, 0.4) is 0 Å². The summed E-state index contributed by atoms with van der Waals surface area (Å²) in [5, 5.41) is 9.97. The van der Waals surface area contributed by atoms with Gasteiger partial charge in [-0.1, -0.05) is 23.2 Å². The number of allylic oxidation sites excluding steroid dienone is 1. The number of thioether (sulfide) groups is 1. The van der Waals surface area contributed by atoms with E-state index in [0.717, 1.165) is 22.1 Å². The van der Waals surface area contributed by atoms with Crippen molar-refractivity contribution in [2.75, 3.05) is 0 Å². The number of halogens is 2. The molecule has 2 rings (SSSR count). The Morgan fingerprint density at radius 2 is 2.17 bits per heavy atom. The lowest BCUT2D eigenvalue weighted by atomic mass is 10.1. The Labute approximate surface area is 119 Å². The van der Waals surface area contributed by atoms with Gasteiger partial charge in [0.25, 0.3) is 0 Å². The van der Waals surface area contributed by atoms with Gasteiger partial charge in [0, 0.05) is 26.8 Å². The smallest absolute Gasteiger partial charge is 0.328 e. The number of carboxylic acids is 1. The van der Waals surface area contributed by atoms with Crippen LogP contribution in [0.25, 0.3) is 5.03 Å². The fraction of sp³-hybridized carbons (Fsp3) is 0.154. The van der Waals surface area contributed by atoms with Crippen LogP contribution in [-0.4, -0.2) is 16.3 Å². The molecule has 0 fully saturated rings. The number of hydrogen-bond donors (Lipinski definition) is 1. The van der Waals surface area contributed by atoms with Crippen molar-refractivity contribution in [3.05, 3.63) is 46.5 Å². The van der Waals surface area contributed by atoms with Crippen LogP contribution in [0.5, 0.6) is 0 Å². The molecule has 1 N–H and O–H groups in total. The van der Waals surface area contributed by atoms with Crippen molar-refractivity contribution >= 4 is 46.0 Å². The molecule has 18 heavy (non-hydrogen) atoms. The molecule has 0 spiro atoms. The highest BCUT2D eigenvalue weighted by Gasteiger charge is 2.22. The highest BCUT2D eigenvalue weighted by atomic mass is 35.5. The van der Waals surface area contributed by atoms with E-state index in [9.17, 15) is 4.79 Å². The van der Waals surface area contributed by atoms with E-state index in [4.69, 9.17) is 28.3 Å². The lowest BCUT2D eigenvalue weighted by Gasteiger charge is -2.23. The van der Waals surface area contributed by atoms with Crippen molar-refractivity contribution in [2.45, 2.75) is 17.1 Å². The first-order valence-corrected chi connectivity index (χ1v) is 6.90. The third-order valence-corrected chi connectivity index (χ3v) is 4.45. The zero-order chi connectivity index (χ0) is 13.3. The van der Waals surface area contributed by atoms with Crippen LogP contribution in [0.1, 0.15) is 12.5 Å². The molecule has 94 valence electrons. The summed E-state index contributed by atoms with van der Waals surface area (Å²) in [5.41, 5.74) is 1.66. The molecule has 0 unspecified atom stereocenters. The molecule has 0 saturated carbocycles. The average molecular weight is 301 g/mol. The number of hydrogen-bond acceptors (Lipinski definition) is 2. The van der Waals surface area contributed by atoms with E-state index < -0.39 is 5.97 Å². The van der Waals surface area contributed by atoms with E-state index in [1.54, 1.807) is 23.9 Å². The molecular formula is C13H10Cl2O2S. The van der Waals surface area contributed by atoms with Crippen molar-refractivity contribution in [1.29, 1.82) is 0 Å². The maximum atomic E-state index is 10.6. The maximum Gasteiger partial charge on any atom is 0.328 e. The summed E-state index contributed by atoms with van der Waals surface area (Å²) in [5.74, 6) is -0.985. The molecule has 0 radical (unpaired) electrons. The van der Waals surface area contributed by atoms with Crippen LogP contribution in [0.2, 0.25) is 5.02 Å². The Bertz CT molecular complexity index is 564. The van der Waals surface area contributed by atoms with Crippen molar-refractivity contribution in [3.8, 4) is 0 Å². The summed E-state index contributed by atoms with van der Waals surface area (Å²) in [6, 6.07) is 5.55. The zero-order valence-corrected chi connectivity index (χ0v) is 11.8. The monoisotopic (exact) mass is 300 g/mol. The fourth-order valence-electron chi connectivity index (χ4n) is 1.73. The van der Waals surface area contributed by atoms with Crippen LogP contribution in [0.15, 0.2) is 40.8 Å². The van der Waals surface area contributed by atoms with E-state index in [1.165, 1.54) is 0 Å². The van der Waals surface area contributed by atoms with Gasteiger partial charge in [0.2, 0.25) is 0 Å². The molecule has 1 aromatic carbocycles. The van der Waals surface area contributed by atoms with Crippen molar-refractivity contribution < 1.29 is 9.90 Å². The van der Waals surface area contributed by atoms with Gasteiger partial charge in [-0.15, -0.1) is 11.8 Å². The molecule has 1 atom stereocenters. The van der Waals surface area contributed by atoms with Gasteiger partial charge < -0.3 is 5.11 Å². The number of benzene rings is 1. The Balaban J connectivity index is 2.51. The molecule has 0 bridgehead atoms. The lowest BCUT2D eigenvalue weighted by molar-refractivity contribution is -0.131. The summed E-state index contributed by atoms with van der Waals surface area (Å²) >= 11 is 13.9. The highest BCUT2D eigenvalue weighted by Crippen LogP contribution is 2.44. The van der Waals surface area contributed by atoms with Crippen LogP contribution < -0.4 is 0 Å². The number of rotatable bonds is 2. The van der Waals surface area contributed by atoms with Crippen LogP contribution in [0, 0.1) is 0 Å². The van der Waals surface area contributed by atoms with Gasteiger partial charge in [0.05, 0.1) is 5.03 Å². The minimum absolute atomic E-state index is 0.113. The molecular weight excluding hydrogens is 291 g/mol. The zero-order valence-electron chi connectivity index (χ0n) is 9.48. The molecule has 1 aromatic rings. The molecule has 0 amide bonds. The minimum Gasteiger partial charge on any atom is -0.478 e. The molecule has 1 aliphatic rings. The number of fused-ring (bicyclic) bond motifs is 1. The quantitative estimate of drug-likeness (QED) is 0.821. The van der Waals surface area contributed by atoms with Crippen LogP contribution in [0.4, 0.5) is 0 Å². The largest absolute Gasteiger partial charge is 0.478 e. The van der Waals surface area contributed by atoms with Gasteiger partial charge in [-0.25, -0.2) is 4.79 Å². The second kappa shape index (κ2) is 5.39. The standard InChI is InChI=1S/C13H10Cl2O2S/c1-7-9(3-5-12(16)17)13(15)10-6-8(14)2-4-11(10)18-7/h2-7H,1H3,(H,16,17)/b5-3+/t7-/m1/s1. The number of carboxylic acid groups (broad SMARTS) is 1. The topological polar surface area (TPSA) is 37.3 Å². The molecule has 5 heteroatoms. The Morgan fingerprint density at radius 3 is 2.83 bits per heavy atom. The van der Waals surface area contributed by atoms with Crippen molar-refractivity contribution in [1.82, 2.24) is 0 Å². The summed E-state index contributed by atoms with van der Waals surface area (Å²) in [7, 11) is 0. The first-order chi connectivity index (χ1) is 8.49. The van der Waals surface area contributed by atoms with Crippen LogP contribution in [-0.2, 0) is 4.79 Å². The summed E-state index contributed by atoms with van der Waals surface area (Å²) in [6.45, 7) is 1.99. The van der Waals surface area contributed by atoms with Gasteiger partial charge in [-0.05, 0) is 36.8 Å². The first kappa shape index (κ1) is 13.5. The van der Waals surface area contributed by atoms with Gasteiger partial charge >= 0.3 is 5.97 Å². The second-order valence-corrected chi connectivity index (χ2v) is 6.04. The van der Waals surface area contributed by atoms with Crippen molar-refractivity contribution in [2.24, 2.45) is 0 Å². The lowest BCUT2D eigenvalue weighted by Crippen LogP contribution is -2.07. The minimum atomic E-state index is -0.985. The summed E-state index contributed by atoms with van der Waals surface area (Å²) in [4.78, 5) is 11.6. The molecule has 1 aliphatic heterocycles. The molecule has 2 nitrogen and oxygen atoms in total. The predicted molar refractivity (Wildman–Crippen MR) is 76.3 cm³/mol. The highest BCUT2D eigenvalue weighted by molar-refractivity contribution is 8.00. The maximum absolute atomic E-state index is 10.6. The third kappa shape index (κ3) is 2.74.